The molecule has 1 atom stereocenters. The van der Waals surface area contributed by atoms with Crippen LogP contribution in [0.1, 0.15) is 35.8 Å². The van der Waals surface area contributed by atoms with E-state index in [2.05, 4.69) is 10.4 Å². The number of halogens is 3. The Balaban J connectivity index is 0.00000208. The molecule has 9 heteroatoms. The number of rotatable bonds is 3. The number of carbonyl (C=O) groups excluding carboxylic acids is 1. The fourth-order valence-corrected chi connectivity index (χ4v) is 3.09. The van der Waals surface area contributed by atoms with Crippen LogP contribution < -0.4 is 5.32 Å². The standard InChI is InChI=1S/C15H14ClFIN3O2.K/c16-10-5-13(12(18)6-11(10)17)20-15(22)9-7-19-21(8-9)14-3-1-2-4-23-14;/h5-8,14H,1-4H2,(H,20,22);. The van der Waals surface area contributed by atoms with Crippen LogP contribution in [0, 0.1) is 9.39 Å². The van der Waals surface area contributed by atoms with Gasteiger partial charge in [0.25, 0.3) is 5.91 Å². The van der Waals surface area contributed by atoms with Crippen LogP contribution in [0.4, 0.5) is 10.1 Å². The van der Waals surface area contributed by atoms with E-state index in [4.69, 9.17) is 16.3 Å². The molecule has 0 saturated carbocycles. The molecule has 1 saturated heterocycles. The minimum atomic E-state index is -0.517. The second-order valence-electron chi connectivity index (χ2n) is 5.23. The number of hydrogen-bond donors (Lipinski definition) is 1. The second kappa shape index (κ2) is 9.40. The van der Waals surface area contributed by atoms with Gasteiger partial charge in [0.15, 0.2) is 0 Å². The van der Waals surface area contributed by atoms with E-state index in [1.807, 2.05) is 22.6 Å². The van der Waals surface area contributed by atoms with Crippen molar-refractivity contribution in [3.05, 3.63) is 44.5 Å². The Morgan fingerprint density at radius 2 is 2.25 bits per heavy atom. The molecule has 1 N–H and O–H groups in total. The van der Waals surface area contributed by atoms with E-state index in [-0.39, 0.29) is 68.5 Å². The molecule has 1 aromatic heterocycles. The summed E-state index contributed by atoms with van der Waals surface area (Å²) in [6.45, 7) is 0.707. The zero-order chi connectivity index (χ0) is 16.4. The summed E-state index contributed by atoms with van der Waals surface area (Å²) < 4.78 is 21.2. The van der Waals surface area contributed by atoms with E-state index < -0.39 is 5.82 Å². The molecule has 1 fully saturated rings. The van der Waals surface area contributed by atoms with Gasteiger partial charge >= 0.3 is 0 Å². The molecule has 1 unspecified atom stereocenters. The first-order valence-corrected chi connectivity index (χ1v) is 8.62. The van der Waals surface area contributed by atoms with Crippen molar-refractivity contribution in [3.8, 4) is 0 Å². The van der Waals surface area contributed by atoms with Crippen molar-refractivity contribution in [3.63, 3.8) is 0 Å². The van der Waals surface area contributed by atoms with Gasteiger partial charge in [-0.3, -0.25) is 4.79 Å². The summed E-state index contributed by atoms with van der Waals surface area (Å²) in [6, 6.07) is 2.67. The summed E-state index contributed by atoms with van der Waals surface area (Å²) in [4.78, 5) is 12.3. The van der Waals surface area contributed by atoms with Gasteiger partial charge in [0.2, 0.25) is 0 Å². The van der Waals surface area contributed by atoms with Crippen molar-refractivity contribution in [2.75, 3.05) is 11.9 Å². The Morgan fingerprint density at radius 1 is 1.46 bits per heavy atom. The summed E-state index contributed by atoms with van der Waals surface area (Å²) in [7, 11) is 0. The molecule has 2 heterocycles. The number of nitrogens with zero attached hydrogens (tertiary/aromatic N) is 2. The van der Waals surface area contributed by atoms with Crippen LogP contribution in [0.25, 0.3) is 0 Å². The predicted octanol–water partition coefficient (Wildman–Crippen LogP) is 3.85. The molecule has 3 rings (SSSR count). The molecule has 1 radical (unpaired) electrons. The van der Waals surface area contributed by atoms with Gasteiger partial charge in [-0.2, -0.15) is 5.10 Å². The monoisotopic (exact) mass is 488 g/mol. The Bertz CT molecular complexity index is 738. The fraction of sp³-hybridized carbons (Fsp3) is 0.333. The third-order valence-electron chi connectivity index (χ3n) is 3.57. The molecular weight excluding hydrogens is 475 g/mol. The molecule has 123 valence electrons. The smallest absolute Gasteiger partial charge is 0.258 e. The van der Waals surface area contributed by atoms with Crippen molar-refractivity contribution in [2.45, 2.75) is 25.5 Å². The molecule has 1 aliphatic heterocycles. The summed E-state index contributed by atoms with van der Waals surface area (Å²) in [5.41, 5.74) is 0.874. The minimum absolute atomic E-state index is 0. The zero-order valence-corrected chi connectivity index (χ0v) is 19.1. The molecule has 2 aromatic rings. The Morgan fingerprint density at radius 3 is 2.96 bits per heavy atom. The number of amides is 1. The summed E-state index contributed by atoms with van der Waals surface area (Å²) >= 11 is 7.70. The summed E-state index contributed by atoms with van der Waals surface area (Å²) in [5.74, 6) is -0.844. The van der Waals surface area contributed by atoms with Crippen molar-refractivity contribution >= 4 is 97.2 Å². The Hall–Kier alpha value is 0.446. The number of hydrogen-bond acceptors (Lipinski definition) is 3. The van der Waals surface area contributed by atoms with Crippen molar-refractivity contribution in [1.82, 2.24) is 9.78 Å². The van der Waals surface area contributed by atoms with Gasteiger partial charge in [0.1, 0.15) is 12.0 Å². The number of ether oxygens (including phenoxy) is 1. The van der Waals surface area contributed by atoms with Crippen LogP contribution in [-0.4, -0.2) is 73.7 Å². The first kappa shape index (κ1) is 20.8. The van der Waals surface area contributed by atoms with Gasteiger partial charge < -0.3 is 10.1 Å². The molecule has 1 aliphatic rings. The zero-order valence-electron chi connectivity index (χ0n) is 13.1. The fourth-order valence-electron chi connectivity index (χ4n) is 2.36. The van der Waals surface area contributed by atoms with Crippen molar-refractivity contribution in [1.29, 1.82) is 0 Å². The first-order chi connectivity index (χ1) is 11.0. The number of nitrogens with one attached hydrogen (secondary N) is 1. The van der Waals surface area contributed by atoms with Crippen LogP contribution in [0.15, 0.2) is 24.5 Å². The summed E-state index contributed by atoms with van der Waals surface area (Å²) in [5, 5.41) is 6.88. The Labute approximate surface area is 200 Å². The number of benzene rings is 1. The summed E-state index contributed by atoms with van der Waals surface area (Å²) in [6.07, 6.45) is 6.04. The molecule has 5 nitrogen and oxygen atoms in total. The van der Waals surface area contributed by atoms with Crippen LogP contribution >= 0.6 is 34.2 Å². The third-order valence-corrected chi connectivity index (χ3v) is 4.75. The van der Waals surface area contributed by atoms with Crippen LogP contribution in [0.3, 0.4) is 0 Å². The average molecular weight is 489 g/mol. The van der Waals surface area contributed by atoms with Crippen LogP contribution in [0.5, 0.6) is 0 Å². The maximum absolute atomic E-state index is 13.4. The van der Waals surface area contributed by atoms with Gasteiger partial charge in [-0.05, 0) is 54.0 Å². The van der Waals surface area contributed by atoms with Crippen LogP contribution in [0.2, 0.25) is 5.02 Å². The van der Waals surface area contributed by atoms with Gasteiger partial charge in [-0.15, -0.1) is 0 Å². The van der Waals surface area contributed by atoms with Gasteiger partial charge in [0.05, 0.1) is 22.5 Å². The predicted molar refractivity (Wildman–Crippen MR) is 98.9 cm³/mol. The van der Waals surface area contributed by atoms with Crippen molar-refractivity contribution in [2.24, 2.45) is 0 Å². The molecule has 24 heavy (non-hydrogen) atoms. The first-order valence-electron chi connectivity index (χ1n) is 7.16. The van der Waals surface area contributed by atoms with E-state index in [0.29, 0.717) is 21.4 Å². The quantitative estimate of drug-likeness (QED) is 0.406. The molecular formula is C15H14ClFIKN3O2. The number of anilines is 1. The normalized spacial score (nSPS) is 17.2. The van der Waals surface area contributed by atoms with E-state index >= 15 is 0 Å². The molecule has 0 aliphatic carbocycles. The topological polar surface area (TPSA) is 56.2 Å². The largest absolute Gasteiger partial charge is 0.357 e. The molecule has 0 spiro atoms. The van der Waals surface area contributed by atoms with Crippen LogP contribution in [-0.2, 0) is 4.74 Å². The average Bonchev–Trinajstić information content (AvgIpc) is 3.03. The maximum atomic E-state index is 13.4. The number of aromatic nitrogens is 2. The molecule has 1 amide bonds. The minimum Gasteiger partial charge on any atom is -0.357 e. The Kier molecular flexibility index (Phi) is 8.13. The third kappa shape index (κ3) is 5.00. The maximum Gasteiger partial charge on any atom is 0.258 e. The van der Waals surface area contributed by atoms with E-state index in [1.54, 1.807) is 10.9 Å². The molecule has 1 aromatic carbocycles. The van der Waals surface area contributed by atoms with E-state index in [9.17, 15) is 9.18 Å². The van der Waals surface area contributed by atoms with E-state index in [0.717, 1.165) is 19.3 Å². The second-order valence-corrected chi connectivity index (χ2v) is 6.80. The van der Waals surface area contributed by atoms with Gasteiger partial charge in [0, 0.05) is 67.8 Å². The van der Waals surface area contributed by atoms with Gasteiger partial charge in [-0.1, -0.05) is 11.6 Å². The van der Waals surface area contributed by atoms with Gasteiger partial charge in [-0.25, -0.2) is 9.07 Å². The number of carbonyl (C=O) groups is 1. The van der Waals surface area contributed by atoms with Crippen molar-refractivity contribution < 1.29 is 13.9 Å². The molecule has 0 bridgehead atoms. The SMILES string of the molecule is O=C(Nc1cc(Cl)c(F)cc1I)c1cnn(C2CCCCO2)c1.[K]. The van der Waals surface area contributed by atoms with E-state index in [1.165, 1.54) is 18.3 Å².